The van der Waals surface area contributed by atoms with E-state index >= 15 is 0 Å². The molecule has 0 N–H and O–H groups in total. The van der Waals surface area contributed by atoms with Crippen LogP contribution in [0.25, 0.3) is 11.2 Å². The number of fused-ring (bicyclic) bond motifs is 1. The molecular weight excluding hydrogens is 380 g/mol. The molecule has 29 heavy (non-hydrogen) atoms. The topological polar surface area (TPSA) is 62.1 Å². The van der Waals surface area contributed by atoms with Crippen molar-refractivity contribution in [3.63, 3.8) is 0 Å². The van der Waals surface area contributed by atoms with Gasteiger partial charge in [-0.25, -0.2) is 15.0 Å². The van der Waals surface area contributed by atoms with Crippen LogP contribution in [0.5, 0.6) is 0 Å². The van der Waals surface area contributed by atoms with Crippen LogP contribution in [0.1, 0.15) is 78.6 Å². The Morgan fingerprint density at radius 2 is 1.86 bits per heavy atom. The van der Waals surface area contributed by atoms with Gasteiger partial charge >= 0.3 is 0 Å². The van der Waals surface area contributed by atoms with Crippen molar-refractivity contribution in [3.05, 3.63) is 17.8 Å². The minimum Gasteiger partial charge on any atom is -0.409 e. The van der Waals surface area contributed by atoms with Gasteiger partial charge < -0.3 is 9.16 Å². The molecular formula is C22H38N4O2Si. The predicted molar refractivity (Wildman–Crippen MR) is 119 cm³/mol. The van der Waals surface area contributed by atoms with Crippen molar-refractivity contribution in [3.8, 4) is 0 Å². The fourth-order valence-electron chi connectivity index (χ4n) is 3.43. The number of rotatable bonds is 5. The lowest BCUT2D eigenvalue weighted by Crippen LogP contribution is -2.40. The van der Waals surface area contributed by atoms with Crippen molar-refractivity contribution in [1.82, 2.24) is 19.5 Å². The number of ether oxygens (including phenoxy) is 1. The highest BCUT2D eigenvalue weighted by Gasteiger charge is 2.38. The first-order valence-corrected chi connectivity index (χ1v) is 13.8. The molecule has 0 spiro atoms. The molecule has 3 heterocycles. The third-order valence-corrected chi connectivity index (χ3v) is 10.6. The van der Waals surface area contributed by atoms with Crippen molar-refractivity contribution >= 4 is 19.5 Å². The Kier molecular flexibility index (Phi) is 6.23. The van der Waals surface area contributed by atoms with Crippen molar-refractivity contribution in [1.29, 1.82) is 0 Å². The van der Waals surface area contributed by atoms with Crippen molar-refractivity contribution in [2.24, 2.45) is 5.41 Å². The number of aromatic nitrogens is 4. The molecule has 3 rings (SSSR count). The number of hydrogen-bond acceptors (Lipinski definition) is 5. The van der Waals surface area contributed by atoms with Gasteiger partial charge in [0.15, 0.2) is 14.0 Å². The first kappa shape index (κ1) is 22.4. The van der Waals surface area contributed by atoms with E-state index in [1.807, 2.05) is 0 Å². The Hall–Kier alpha value is -1.31. The minimum absolute atomic E-state index is 0.0239. The van der Waals surface area contributed by atoms with Gasteiger partial charge in [0.2, 0.25) is 0 Å². The lowest BCUT2D eigenvalue weighted by atomic mass is 9.90. The van der Waals surface area contributed by atoms with E-state index in [1.54, 1.807) is 6.33 Å². The summed E-state index contributed by atoms with van der Waals surface area (Å²) in [5.41, 5.74) is 2.90. The lowest BCUT2D eigenvalue weighted by Gasteiger charge is -2.36. The molecule has 162 valence electrons. The SMILES string of the molecule is CC(C)(C)Cc1ncnc2c1nc(CO[Si](C)(C)C(C)(C)C)n2C1CCCCO1. The number of nitrogens with zero attached hydrogens (tertiary/aromatic N) is 4. The van der Waals surface area contributed by atoms with Gasteiger partial charge in [0, 0.05) is 6.61 Å². The zero-order valence-corrected chi connectivity index (χ0v) is 20.5. The maximum absolute atomic E-state index is 6.53. The molecule has 1 aliphatic heterocycles. The van der Waals surface area contributed by atoms with Crippen LogP contribution in [-0.4, -0.2) is 34.4 Å². The van der Waals surface area contributed by atoms with E-state index in [9.17, 15) is 0 Å². The second kappa shape index (κ2) is 8.08. The van der Waals surface area contributed by atoms with Crippen LogP contribution in [0.3, 0.4) is 0 Å². The molecule has 0 radical (unpaired) electrons. The summed E-state index contributed by atoms with van der Waals surface area (Å²) in [5, 5.41) is 0.155. The normalized spacial score (nSPS) is 19.1. The molecule has 2 aromatic rings. The van der Waals surface area contributed by atoms with Crippen molar-refractivity contribution in [2.45, 2.75) is 98.2 Å². The molecule has 2 aromatic heterocycles. The van der Waals surface area contributed by atoms with Crippen molar-refractivity contribution < 1.29 is 9.16 Å². The molecule has 0 aliphatic carbocycles. The quantitative estimate of drug-likeness (QED) is 0.588. The second-order valence-corrected chi connectivity index (χ2v) is 15.8. The van der Waals surface area contributed by atoms with Gasteiger partial charge in [-0.05, 0) is 49.2 Å². The lowest BCUT2D eigenvalue weighted by molar-refractivity contribution is -0.0327. The molecule has 0 aromatic carbocycles. The highest BCUT2D eigenvalue weighted by atomic mass is 28.4. The smallest absolute Gasteiger partial charge is 0.192 e. The fraction of sp³-hybridized carbons (Fsp3) is 0.773. The van der Waals surface area contributed by atoms with Gasteiger partial charge in [-0.1, -0.05) is 41.5 Å². The first-order chi connectivity index (χ1) is 13.4. The van der Waals surface area contributed by atoms with Crippen LogP contribution in [0, 0.1) is 5.41 Å². The van der Waals surface area contributed by atoms with E-state index in [0.29, 0.717) is 6.61 Å². The summed E-state index contributed by atoms with van der Waals surface area (Å²) >= 11 is 0. The Morgan fingerprint density at radius 1 is 1.14 bits per heavy atom. The summed E-state index contributed by atoms with van der Waals surface area (Å²) in [4.78, 5) is 14.2. The third-order valence-electron chi connectivity index (χ3n) is 6.14. The molecule has 0 saturated carbocycles. The van der Waals surface area contributed by atoms with Gasteiger partial charge in [0.1, 0.15) is 23.9 Å². The van der Waals surface area contributed by atoms with E-state index in [4.69, 9.17) is 14.1 Å². The molecule has 0 amide bonds. The van der Waals surface area contributed by atoms with Crippen LogP contribution < -0.4 is 0 Å². The first-order valence-electron chi connectivity index (χ1n) is 10.9. The fourth-order valence-corrected chi connectivity index (χ4v) is 4.35. The van der Waals surface area contributed by atoms with Gasteiger partial charge in [0.25, 0.3) is 0 Å². The van der Waals surface area contributed by atoms with E-state index < -0.39 is 8.32 Å². The maximum atomic E-state index is 6.53. The molecule has 1 atom stereocenters. The summed E-state index contributed by atoms with van der Waals surface area (Å²) in [5.74, 6) is 0.910. The van der Waals surface area contributed by atoms with E-state index in [-0.39, 0.29) is 16.7 Å². The molecule has 0 bridgehead atoms. The van der Waals surface area contributed by atoms with Crippen LogP contribution in [-0.2, 0) is 22.2 Å². The Labute approximate surface area is 176 Å². The second-order valence-electron chi connectivity index (χ2n) is 11.0. The van der Waals surface area contributed by atoms with E-state index in [2.05, 4.69) is 69.2 Å². The molecule has 1 aliphatic rings. The summed E-state index contributed by atoms with van der Waals surface area (Å²) in [6, 6.07) is 0. The third kappa shape index (κ3) is 5.06. The number of imidazole rings is 1. The average molecular weight is 419 g/mol. The van der Waals surface area contributed by atoms with Gasteiger partial charge in [-0.15, -0.1) is 0 Å². The Bertz CT molecular complexity index is 843. The van der Waals surface area contributed by atoms with Gasteiger partial charge in [-0.2, -0.15) is 0 Å². The standard InChI is InChI=1S/C22H38N4O2Si/c1-21(2,3)13-16-19-20(24-15-23-16)26(18-11-9-10-12-27-18)17(25-19)14-28-29(7,8)22(4,5)6/h15,18H,9-14H2,1-8H3. The largest absolute Gasteiger partial charge is 0.409 e. The Morgan fingerprint density at radius 3 is 2.45 bits per heavy atom. The highest BCUT2D eigenvalue weighted by molar-refractivity contribution is 6.74. The summed E-state index contributed by atoms with van der Waals surface area (Å²) < 4.78 is 14.8. The molecule has 1 fully saturated rings. The molecule has 7 heteroatoms. The van der Waals surface area contributed by atoms with Crippen LogP contribution in [0.2, 0.25) is 18.1 Å². The summed E-state index contributed by atoms with van der Waals surface area (Å²) in [6.07, 6.45) is 5.76. The summed E-state index contributed by atoms with van der Waals surface area (Å²) in [7, 11) is -1.89. The van der Waals surface area contributed by atoms with Crippen LogP contribution in [0.15, 0.2) is 6.33 Å². The molecule has 1 unspecified atom stereocenters. The zero-order valence-electron chi connectivity index (χ0n) is 19.5. The summed E-state index contributed by atoms with van der Waals surface area (Å²) in [6.45, 7) is 19.3. The van der Waals surface area contributed by atoms with Gasteiger partial charge in [0.05, 0.1) is 12.3 Å². The molecule has 1 saturated heterocycles. The van der Waals surface area contributed by atoms with Gasteiger partial charge in [-0.3, -0.25) is 4.57 Å². The average Bonchev–Trinajstić information content (AvgIpc) is 2.98. The maximum Gasteiger partial charge on any atom is 0.192 e. The number of hydrogen-bond donors (Lipinski definition) is 0. The van der Waals surface area contributed by atoms with E-state index in [1.165, 1.54) is 0 Å². The van der Waals surface area contributed by atoms with Crippen molar-refractivity contribution in [2.75, 3.05) is 6.61 Å². The Balaban J connectivity index is 2.03. The minimum atomic E-state index is -1.89. The molecule has 6 nitrogen and oxygen atoms in total. The zero-order chi connectivity index (χ0) is 21.4. The van der Waals surface area contributed by atoms with Crippen LogP contribution in [0.4, 0.5) is 0 Å². The highest BCUT2D eigenvalue weighted by Crippen LogP contribution is 2.38. The predicted octanol–water partition coefficient (Wildman–Crippen LogP) is 5.64. The van der Waals surface area contributed by atoms with E-state index in [0.717, 1.165) is 55.0 Å². The monoisotopic (exact) mass is 418 g/mol. The van der Waals surface area contributed by atoms with Crippen LogP contribution >= 0.6 is 0 Å².